The predicted octanol–water partition coefficient (Wildman–Crippen LogP) is 0.539. The summed E-state index contributed by atoms with van der Waals surface area (Å²) in [6.07, 6.45) is 4.42. The summed E-state index contributed by atoms with van der Waals surface area (Å²) in [7, 11) is 1.91. The largest absolute Gasteiger partial charge is 0.355 e. The minimum absolute atomic E-state index is 0.0341. The lowest BCUT2D eigenvalue weighted by molar-refractivity contribution is -0.122. The van der Waals surface area contributed by atoms with Crippen LogP contribution >= 0.6 is 0 Å². The van der Waals surface area contributed by atoms with Crippen LogP contribution < -0.4 is 11.1 Å². The van der Waals surface area contributed by atoms with Gasteiger partial charge in [-0.1, -0.05) is 6.92 Å². The molecule has 0 aliphatic rings. The van der Waals surface area contributed by atoms with Crippen molar-refractivity contribution in [2.45, 2.75) is 19.4 Å². The molecule has 0 aliphatic carbocycles. The van der Waals surface area contributed by atoms with Gasteiger partial charge in [0.1, 0.15) is 0 Å². The maximum absolute atomic E-state index is 11.7. The Morgan fingerprint density at radius 1 is 1.50 bits per heavy atom. The van der Waals surface area contributed by atoms with E-state index in [9.17, 15) is 4.79 Å². The van der Waals surface area contributed by atoms with E-state index in [1.54, 1.807) is 12.4 Å². The number of pyridine rings is 1. The number of likely N-dealkylation sites (N-methyl/N-ethyl adjacent to an activating group) is 1. The zero-order valence-electron chi connectivity index (χ0n) is 11.1. The molecule has 5 heteroatoms. The first-order chi connectivity index (χ1) is 8.69. The zero-order valence-corrected chi connectivity index (χ0v) is 11.1. The van der Waals surface area contributed by atoms with Gasteiger partial charge in [0.05, 0.1) is 6.54 Å². The second-order valence-corrected chi connectivity index (χ2v) is 4.30. The number of hydrogen-bond donors (Lipinski definition) is 2. The van der Waals surface area contributed by atoms with Crippen LogP contribution in [0.3, 0.4) is 0 Å². The number of nitrogens with two attached hydrogens (primary N) is 1. The molecular formula is C13H22N4O. The number of nitrogens with zero attached hydrogens (tertiary/aromatic N) is 2. The Morgan fingerprint density at radius 2 is 2.17 bits per heavy atom. The van der Waals surface area contributed by atoms with E-state index < -0.39 is 0 Å². The number of amides is 1. The van der Waals surface area contributed by atoms with Crippen molar-refractivity contribution in [3.05, 3.63) is 30.1 Å². The minimum atomic E-state index is 0.0341. The van der Waals surface area contributed by atoms with Crippen molar-refractivity contribution >= 4 is 5.91 Å². The summed E-state index contributed by atoms with van der Waals surface area (Å²) in [5.41, 5.74) is 6.87. The summed E-state index contributed by atoms with van der Waals surface area (Å²) in [6, 6.07) is 3.90. The fraction of sp³-hybridized carbons (Fsp3) is 0.538. The fourth-order valence-corrected chi connectivity index (χ4v) is 1.81. The van der Waals surface area contributed by atoms with E-state index in [4.69, 9.17) is 5.73 Å². The van der Waals surface area contributed by atoms with E-state index in [2.05, 4.69) is 10.3 Å². The highest BCUT2D eigenvalue weighted by Crippen LogP contribution is 2.16. The summed E-state index contributed by atoms with van der Waals surface area (Å²) >= 11 is 0. The Balaban J connectivity index is 2.57. The van der Waals surface area contributed by atoms with Gasteiger partial charge in [-0.2, -0.15) is 0 Å². The predicted molar refractivity (Wildman–Crippen MR) is 72.0 cm³/mol. The third-order valence-electron chi connectivity index (χ3n) is 2.81. The SMILES string of the molecule is CCCNC(=O)CN(C)C(CN)c1ccncc1. The van der Waals surface area contributed by atoms with E-state index in [0.29, 0.717) is 13.1 Å². The molecule has 3 N–H and O–H groups in total. The van der Waals surface area contributed by atoms with E-state index in [-0.39, 0.29) is 11.9 Å². The molecule has 1 amide bonds. The summed E-state index contributed by atoms with van der Waals surface area (Å²) in [6.45, 7) is 3.57. The summed E-state index contributed by atoms with van der Waals surface area (Å²) in [5, 5.41) is 2.86. The Kier molecular flexibility index (Phi) is 6.32. The van der Waals surface area contributed by atoms with Crippen LogP contribution in [-0.4, -0.2) is 42.5 Å². The van der Waals surface area contributed by atoms with Gasteiger partial charge in [0.15, 0.2) is 0 Å². The van der Waals surface area contributed by atoms with E-state index in [1.165, 1.54) is 0 Å². The lowest BCUT2D eigenvalue weighted by Gasteiger charge is -2.26. The molecule has 0 spiro atoms. The van der Waals surface area contributed by atoms with Crippen LogP contribution in [0.1, 0.15) is 24.9 Å². The maximum atomic E-state index is 11.7. The molecule has 1 aromatic rings. The van der Waals surface area contributed by atoms with Gasteiger partial charge in [-0.3, -0.25) is 14.7 Å². The standard InChI is InChI=1S/C13H22N4O/c1-3-6-16-13(18)10-17(2)12(9-14)11-4-7-15-8-5-11/h4-5,7-8,12H,3,6,9-10,14H2,1-2H3,(H,16,18). The van der Waals surface area contributed by atoms with Crippen molar-refractivity contribution < 1.29 is 4.79 Å². The van der Waals surface area contributed by atoms with Crippen molar-refractivity contribution in [2.75, 3.05) is 26.7 Å². The van der Waals surface area contributed by atoms with Gasteiger partial charge in [-0.25, -0.2) is 0 Å². The first-order valence-electron chi connectivity index (χ1n) is 6.26. The zero-order chi connectivity index (χ0) is 13.4. The fourth-order valence-electron chi connectivity index (χ4n) is 1.81. The molecule has 0 fully saturated rings. The second kappa shape index (κ2) is 7.79. The maximum Gasteiger partial charge on any atom is 0.234 e. The molecule has 0 radical (unpaired) electrons. The summed E-state index contributed by atoms with van der Waals surface area (Å²) in [4.78, 5) is 17.6. The van der Waals surface area contributed by atoms with E-state index >= 15 is 0 Å². The van der Waals surface area contributed by atoms with E-state index in [1.807, 2.05) is 31.0 Å². The van der Waals surface area contributed by atoms with Crippen LogP contribution in [0.5, 0.6) is 0 Å². The topological polar surface area (TPSA) is 71.2 Å². The number of aromatic nitrogens is 1. The van der Waals surface area contributed by atoms with Gasteiger partial charge in [-0.05, 0) is 31.2 Å². The lowest BCUT2D eigenvalue weighted by atomic mass is 10.1. The highest BCUT2D eigenvalue weighted by molar-refractivity contribution is 5.78. The minimum Gasteiger partial charge on any atom is -0.355 e. The first-order valence-corrected chi connectivity index (χ1v) is 6.26. The van der Waals surface area contributed by atoms with Crippen molar-refractivity contribution in [3.63, 3.8) is 0 Å². The molecule has 0 aliphatic heterocycles. The molecule has 1 atom stereocenters. The molecule has 5 nitrogen and oxygen atoms in total. The monoisotopic (exact) mass is 250 g/mol. The molecule has 18 heavy (non-hydrogen) atoms. The normalized spacial score (nSPS) is 12.4. The third kappa shape index (κ3) is 4.43. The van der Waals surface area contributed by atoms with Crippen molar-refractivity contribution in [2.24, 2.45) is 5.73 Å². The van der Waals surface area contributed by atoms with Gasteiger partial charge in [-0.15, -0.1) is 0 Å². The third-order valence-corrected chi connectivity index (χ3v) is 2.81. The molecule has 1 rings (SSSR count). The Morgan fingerprint density at radius 3 is 2.72 bits per heavy atom. The Labute approximate surface area is 108 Å². The van der Waals surface area contributed by atoms with Gasteiger partial charge in [0, 0.05) is 31.5 Å². The van der Waals surface area contributed by atoms with Crippen LogP contribution in [0, 0.1) is 0 Å². The molecule has 1 unspecified atom stereocenters. The average Bonchev–Trinajstić information content (AvgIpc) is 2.38. The first kappa shape index (κ1) is 14.6. The number of carbonyl (C=O) groups excluding carboxylic acids is 1. The summed E-state index contributed by atoms with van der Waals surface area (Å²) in [5.74, 6) is 0.0341. The molecule has 1 aromatic heterocycles. The lowest BCUT2D eigenvalue weighted by Crippen LogP contribution is -2.39. The van der Waals surface area contributed by atoms with Crippen LogP contribution in [0.4, 0.5) is 0 Å². The van der Waals surface area contributed by atoms with Crippen molar-refractivity contribution in [1.82, 2.24) is 15.2 Å². The van der Waals surface area contributed by atoms with Crippen LogP contribution in [0.2, 0.25) is 0 Å². The van der Waals surface area contributed by atoms with Crippen LogP contribution in [0.25, 0.3) is 0 Å². The van der Waals surface area contributed by atoms with Crippen LogP contribution in [0.15, 0.2) is 24.5 Å². The molecule has 0 saturated carbocycles. The van der Waals surface area contributed by atoms with Gasteiger partial charge in [0.2, 0.25) is 5.91 Å². The number of nitrogens with one attached hydrogen (secondary N) is 1. The second-order valence-electron chi connectivity index (χ2n) is 4.30. The highest BCUT2D eigenvalue weighted by atomic mass is 16.2. The number of rotatable bonds is 7. The highest BCUT2D eigenvalue weighted by Gasteiger charge is 2.17. The van der Waals surface area contributed by atoms with Gasteiger partial charge < -0.3 is 11.1 Å². The van der Waals surface area contributed by atoms with Gasteiger partial charge in [0.25, 0.3) is 0 Å². The summed E-state index contributed by atoms with van der Waals surface area (Å²) < 4.78 is 0. The molecule has 0 bridgehead atoms. The quantitative estimate of drug-likeness (QED) is 0.741. The number of carbonyl (C=O) groups is 1. The smallest absolute Gasteiger partial charge is 0.234 e. The molecule has 1 heterocycles. The van der Waals surface area contributed by atoms with Crippen LogP contribution in [-0.2, 0) is 4.79 Å². The Bertz CT molecular complexity index is 355. The molecule has 0 aromatic carbocycles. The Hall–Kier alpha value is -1.46. The van der Waals surface area contributed by atoms with E-state index in [0.717, 1.165) is 18.5 Å². The van der Waals surface area contributed by atoms with Crippen molar-refractivity contribution in [3.8, 4) is 0 Å². The molecule has 0 saturated heterocycles. The molecular weight excluding hydrogens is 228 g/mol. The number of hydrogen-bond acceptors (Lipinski definition) is 4. The van der Waals surface area contributed by atoms with Crippen molar-refractivity contribution in [1.29, 1.82) is 0 Å². The average molecular weight is 250 g/mol. The molecule has 100 valence electrons. The van der Waals surface area contributed by atoms with Gasteiger partial charge >= 0.3 is 0 Å².